The summed E-state index contributed by atoms with van der Waals surface area (Å²) in [5.74, 6) is 0.559. The molecule has 0 aliphatic heterocycles. The van der Waals surface area contributed by atoms with Crippen LogP contribution in [0.25, 0.3) is 0 Å². The Balaban J connectivity index is 3.42. The van der Waals surface area contributed by atoms with Gasteiger partial charge in [0.2, 0.25) is 0 Å². The monoisotopic (exact) mass is 213 g/mol. The summed E-state index contributed by atoms with van der Waals surface area (Å²) in [4.78, 5) is 10.3. The van der Waals surface area contributed by atoms with Gasteiger partial charge in [-0.15, -0.1) is 0 Å². The molecule has 0 rings (SSSR count). The third kappa shape index (κ3) is 9.89. The molecule has 1 unspecified atom stereocenters. The largest absolute Gasteiger partial charge is 0.151 e. The van der Waals surface area contributed by atoms with Gasteiger partial charge in [0.1, 0.15) is 0 Å². The van der Waals surface area contributed by atoms with Gasteiger partial charge in [-0.3, -0.25) is 0 Å². The van der Waals surface area contributed by atoms with Crippen molar-refractivity contribution in [2.24, 2.45) is 11.1 Å². The van der Waals surface area contributed by atoms with E-state index in [0.29, 0.717) is 12.5 Å². The molecule has 0 aliphatic carbocycles. The Morgan fingerprint density at radius 2 is 1.47 bits per heavy atom. The van der Waals surface area contributed by atoms with E-state index in [1.54, 1.807) is 0 Å². The lowest BCUT2D eigenvalue weighted by atomic mass is 9.95. The lowest BCUT2D eigenvalue weighted by molar-refractivity contribution is 0.419. The van der Waals surface area contributed by atoms with Crippen LogP contribution in [0.1, 0.15) is 71.6 Å². The van der Waals surface area contributed by atoms with Crippen LogP contribution in [-0.4, -0.2) is 6.54 Å². The fraction of sp³-hybridized carbons (Fsp3) is 1.00. The Bertz CT molecular complexity index is 136. The second kappa shape index (κ2) is 11.7. The molecule has 1 atom stereocenters. The molecule has 90 valence electrons. The van der Waals surface area contributed by atoms with Crippen LogP contribution in [-0.2, 0) is 0 Å². The zero-order valence-corrected chi connectivity index (χ0v) is 10.5. The Kier molecular flexibility index (Phi) is 11.4. The number of hydrogen-bond donors (Lipinski definition) is 0. The second-order valence-electron chi connectivity index (χ2n) is 4.52. The van der Waals surface area contributed by atoms with Crippen molar-refractivity contribution in [3.8, 4) is 0 Å². The first-order valence-corrected chi connectivity index (χ1v) is 6.64. The molecule has 0 spiro atoms. The van der Waals surface area contributed by atoms with E-state index in [9.17, 15) is 4.91 Å². The molecule has 0 saturated heterocycles. The van der Waals surface area contributed by atoms with Crippen molar-refractivity contribution in [2.45, 2.75) is 71.6 Å². The van der Waals surface area contributed by atoms with Crippen LogP contribution in [0, 0.1) is 10.8 Å². The second-order valence-corrected chi connectivity index (χ2v) is 4.52. The third-order valence-electron chi connectivity index (χ3n) is 3.01. The summed E-state index contributed by atoms with van der Waals surface area (Å²) in [5, 5.41) is 3.05. The number of rotatable bonds is 11. The molecule has 0 aromatic rings. The first-order valence-electron chi connectivity index (χ1n) is 6.64. The van der Waals surface area contributed by atoms with E-state index in [4.69, 9.17) is 0 Å². The minimum atomic E-state index is 0.535. The summed E-state index contributed by atoms with van der Waals surface area (Å²) >= 11 is 0. The van der Waals surface area contributed by atoms with Crippen LogP contribution in [0.15, 0.2) is 5.18 Å². The van der Waals surface area contributed by atoms with Crippen molar-refractivity contribution in [2.75, 3.05) is 6.54 Å². The SMILES string of the molecule is CCCCCCCC(CCCC)CN=O. The standard InChI is InChI=1S/C13H27NO/c1-3-5-7-8-9-11-13(12-14-15)10-6-4-2/h13H,3-12H2,1-2H3. The van der Waals surface area contributed by atoms with Crippen LogP contribution < -0.4 is 0 Å². The topological polar surface area (TPSA) is 29.4 Å². The molecule has 0 heterocycles. The summed E-state index contributed by atoms with van der Waals surface area (Å²) in [5.41, 5.74) is 0. The number of unbranched alkanes of at least 4 members (excludes halogenated alkanes) is 5. The highest BCUT2D eigenvalue weighted by Gasteiger charge is 2.07. The average molecular weight is 213 g/mol. The van der Waals surface area contributed by atoms with Gasteiger partial charge in [0.15, 0.2) is 0 Å². The van der Waals surface area contributed by atoms with E-state index >= 15 is 0 Å². The van der Waals surface area contributed by atoms with Crippen molar-refractivity contribution >= 4 is 0 Å². The summed E-state index contributed by atoms with van der Waals surface area (Å²) in [6.07, 6.45) is 11.5. The molecule has 0 fully saturated rings. The number of hydrogen-bond acceptors (Lipinski definition) is 2. The van der Waals surface area contributed by atoms with E-state index < -0.39 is 0 Å². The Labute approximate surface area is 94.8 Å². The van der Waals surface area contributed by atoms with Crippen LogP contribution in [0.3, 0.4) is 0 Å². The molecule has 0 radical (unpaired) electrons. The molecular formula is C13H27NO. The minimum absolute atomic E-state index is 0.535. The fourth-order valence-corrected chi connectivity index (χ4v) is 1.96. The maximum atomic E-state index is 10.3. The maximum Gasteiger partial charge on any atom is 0.0839 e. The summed E-state index contributed by atoms with van der Waals surface area (Å²) in [7, 11) is 0. The van der Waals surface area contributed by atoms with Gasteiger partial charge in [-0.1, -0.05) is 64.0 Å². The van der Waals surface area contributed by atoms with Gasteiger partial charge in [-0.25, -0.2) is 0 Å². The van der Waals surface area contributed by atoms with Crippen molar-refractivity contribution in [3.63, 3.8) is 0 Å². The molecule has 0 bridgehead atoms. The summed E-state index contributed by atoms with van der Waals surface area (Å²) in [6, 6.07) is 0. The third-order valence-corrected chi connectivity index (χ3v) is 3.01. The molecule has 0 aromatic heterocycles. The molecule has 2 nitrogen and oxygen atoms in total. The van der Waals surface area contributed by atoms with E-state index in [0.717, 1.165) is 0 Å². The number of nitroso groups, excluding NO2 is 1. The van der Waals surface area contributed by atoms with Crippen LogP contribution in [0.2, 0.25) is 0 Å². The van der Waals surface area contributed by atoms with E-state index in [1.165, 1.54) is 57.8 Å². The molecule has 0 aliphatic rings. The van der Waals surface area contributed by atoms with E-state index in [2.05, 4.69) is 19.0 Å². The number of nitrogens with zero attached hydrogens (tertiary/aromatic N) is 1. The van der Waals surface area contributed by atoms with Crippen molar-refractivity contribution < 1.29 is 0 Å². The molecule has 0 N–H and O–H groups in total. The zero-order valence-electron chi connectivity index (χ0n) is 10.5. The van der Waals surface area contributed by atoms with Crippen molar-refractivity contribution in [1.29, 1.82) is 0 Å². The zero-order chi connectivity index (χ0) is 11.4. The molecule has 2 heteroatoms. The van der Waals surface area contributed by atoms with E-state index in [-0.39, 0.29) is 0 Å². The Morgan fingerprint density at radius 3 is 2.07 bits per heavy atom. The predicted molar refractivity (Wildman–Crippen MR) is 67.1 cm³/mol. The van der Waals surface area contributed by atoms with Gasteiger partial charge in [-0.05, 0) is 18.8 Å². The molecule has 15 heavy (non-hydrogen) atoms. The quantitative estimate of drug-likeness (QED) is 0.354. The van der Waals surface area contributed by atoms with Gasteiger partial charge in [0.05, 0.1) is 6.54 Å². The smallest absolute Gasteiger partial charge is 0.0839 e. The van der Waals surface area contributed by atoms with Gasteiger partial charge in [0, 0.05) is 0 Å². The Hall–Kier alpha value is -0.400. The highest BCUT2D eigenvalue weighted by Crippen LogP contribution is 2.17. The van der Waals surface area contributed by atoms with Crippen LogP contribution in [0.5, 0.6) is 0 Å². The van der Waals surface area contributed by atoms with Gasteiger partial charge >= 0.3 is 0 Å². The summed E-state index contributed by atoms with van der Waals surface area (Å²) < 4.78 is 0. The average Bonchev–Trinajstić information content (AvgIpc) is 2.25. The first kappa shape index (κ1) is 14.6. The maximum absolute atomic E-state index is 10.3. The minimum Gasteiger partial charge on any atom is -0.151 e. The highest BCUT2D eigenvalue weighted by molar-refractivity contribution is 4.62. The fourth-order valence-electron chi connectivity index (χ4n) is 1.96. The molecule has 0 aromatic carbocycles. The van der Waals surface area contributed by atoms with E-state index in [1.807, 2.05) is 0 Å². The van der Waals surface area contributed by atoms with Crippen LogP contribution >= 0.6 is 0 Å². The lowest BCUT2D eigenvalue weighted by Crippen LogP contribution is -2.04. The van der Waals surface area contributed by atoms with Gasteiger partial charge in [-0.2, -0.15) is 4.91 Å². The van der Waals surface area contributed by atoms with Gasteiger partial charge < -0.3 is 0 Å². The van der Waals surface area contributed by atoms with Crippen LogP contribution in [0.4, 0.5) is 0 Å². The van der Waals surface area contributed by atoms with Crippen molar-refractivity contribution in [1.82, 2.24) is 0 Å². The molecule has 0 saturated carbocycles. The van der Waals surface area contributed by atoms with Crippen molar-refractivity contribution in [3.05, 3.63) is 4.91 Å². The molecule has 0 amide bonds. The van der Waals surface area contributed by atoms with Gasteiger partial charge in [0.25, 0.3) is 0 Å². The summed E-state index contributed by atoms with van der Waals surface area (Å²) in [6.45, 7) is 4.97. The normalized spacial score (nSPS) is 12.7. The first-order chi connectivity index (χ1) is 7.35. The molecular weight excluding hydrogens is 186 g/mol. The highest BCUT2D eigenvalue weighted by atomic mass is 16.3. The lowest BCUT2D eigenvalue weighted by Gasteiger charge is -2.12. The predicted octanol–water partition coefficient (Wildman–Crippen LogP) is 4.92. The Morgan fingerprint density at radius 1 is 0.867 bits per heavy atom.